The topological polar surface area (TPSA) is 40.6 Å². The maximum atomic E-state index is 12.6. The number of benzene rings is 1. The first kappa shape index (κ1) is 13.2. The Bertz CT molecular complexity index is 541. The standard InChI is InChI=1S/C16H20N2O2/c1-12-10-13-6-2-3-7-14(13)18(12)16(20)11-17-9-5-4-8-15(17)19/h2-3,6-7,12H,4-5,8-11H2,1H3. The first-order valence-electron chi connectivity index (χ1n) is 7.34. The highest BCUT2D eigenvalue weighted by atomic mass is 16.2. The van der Waals surface area contributed by atoms with Crippen molar-refractivity contribution in [3.05, 3.63) is 29.8 Å². The number of fused-ring (bicyclic) bond motifs is 1. The number of carbonyl (C=O) groups excluding carboxylic acids is 2. The van der Waals surface area contributed by atoms with Crippen molar-refractivity contribution in [1.82, 2.24) is 4.90 Å². The molecule has 2 amide bonds. The van der Waals surface area contributed by atoms with Crippen LogP contribution >= 0.6 is 0 Å². The molecule has 1 fully saturated rings. The van der Waals surface area contributed by atoms with Gasteiger partial charge in [0.1, 0.15) is 6.54 Å². The fraction of sp³-hybridized carbons (Fsp3) is 0.500. The van der Waals surface area contributed by atoms with Crippen LogP contribution < -0.4 is 4.90 Å². The molecule has 1 atom stereocenters. The average Bonchev–Trinajstić information content (AvgIpc) is 2.77. The van der Waals surface area contributed by atoms with Gasteiger partial charge in [-0.25, -0.2) is 0 Å². The Hall–Kier alpha value is -1.84. The van der Waals surface area contributed by atoms with Crippen LogP contribution in [0.3, 0.4) is 0 Å². The van der Waals surface area contributed by atoms with E-state index in [0.29, 0.717) is 13.0 Å². The lowest BCUT2D eigenvalue weighted by atomic mass is 10.1. The second-order valence-corrected chi connectivity index (χ2v) is 5.72. The van der Waals surface area contributed by atoms with E-state index < -0.39 is 0 Å². The first-order chi connectivity index (χ1) is 9.66. The molecule has 1 aromatic carbocycles. The van der Waals surface area contributed by atoms with Crippen molar-refractivity contribution in [2.24, 2.45) is 0 Å². The number of para-hydroxylation sites is 1. The molecular weight excluding hydrogens is 252 g/mol. The molecule has 4 nitrogen and oxygen atoms in total. The molecule has 1 unspecified atom stereocenters. The van der Waals surface area contributed by atoms with Crippen molar-refractivity contribution in [1.29, 1.82) is 0 Å². The van der Waals surface area contributed by atoms with Crippen LogP contribution in [0.4, 0.5) is 5.69 Å². The van der Waals surface area contributed by atoms with Gasteiger partial charge in [0, 0.05) is 24.7 Å². The first-order valence-corrected chi connectivity index (χ1v) is 7.34. The fourth-order valence-corrected chi connectivity index (χ4v) is 3.21. The van der Waals surface area contributed by atoms with Gasteiger partial charge < -0.3 is 9.80 Å². The van der Waals surface area contributed by atoms with Gasteiger partial charge in [-0.15, -0.1) is 0 Å². The molecule has 0 N–H and O–H groups in total. The highest BCUT2D eigenvalue weighted by Gasteiger charge is 2.32. The minimum atomic E-state index is 0.0395. The highest BCUT2D eigenvalue weighted by molar-refractivity contribution is 5.99. The smallest absolute Gasteiger partial charge is 0.246 e. The van der Waals surface area contributed by atoms with Gasteiger partial charge in [-0.05, 0) is 37.8 Å². The molecule has 0 saturated carbocycles. The zero-order valence-electron chi connectivity index (χ0n) is 11.8. The molecule has 20 heavy (non-hydrogen) atoms. The average molecular weight is 272 g/mol. The predicted molar refractivity (Wildman–Crippen MR) is 77.5 cm³/mol. The van der Waals surface area contributed by atoms with Crippen LogP contribution in [0.15, 0.2) is 24.3 Å². The zero-order chi connectivity index (χ0) is 14.1. The van der Waals surface area contributed by atoms with Crippen molar-refractivity contribution in [2.45, 2.75) is 38.6 Å². The maximum absolute atomic E-state index is 12.6. The van der Waals surface area contributed by atoms with Crippen molar-refractivity contribution in [3.8, 4) is 0 Å². The molecule has 4 heteroatoms. The zero-order valence-corrected chi connectivity index (χ0v) is 11.8. The van der Waals surface area contributed by atoms with E-state index in [4.69, 9.17) is 0 Å². The number of likely N-dealkylation sites (tertiary alicyclic amines) is 1. The summed E-state index contributed by atoms with van der Waals surface area (Å²) in [5, 5.41) is 0. The van der Waals surface area contributed by atoms with Crippen LogP contribution in [-0.2, 0) is 16.0 Å². The van der Waals surface area contributed by atoms with E-state index in [0.717, 1.165) is 24.9 Å². The Labute approximate surface area is 119 Å². The summed E-state index contributed by atoms with van der Waals surface area (Å²) < 4.78 is 0. The fourth-order valence-electron chi connectivity index (χ4n) is 3.21. The minimum Gasteiger partial charge on any atom is -0.333 e. The summed E-state index contributed by atoms with van der Waals surface area (Å²) in [7, 11) is 0. The molecule has 0 bridgehead atoms. The van der Waals surface area contributed by atoms with E-state index in [1.807, 2.05) is 23.1 Å². The van der Waals surface area contributed by atoms with Crippen LogP contribution in [0.25, 0.3) is 0 Å². The summed E-state index contributed by atoms with van der Waals surface area (Å²) in [6.45, 7) is 3.00. The summed E-state index contributed by atoms with van der Waals surface area (Å²) in [6.07, 6.45) is 3.44. The van der Waals surface area contributed by atoms with E-state index in [9.17, 15) is 9.59 Å². The van der Waals surface area contributed by atoms with Crippen molar-refractivity contribution in [2.75, 3.05) is 18.0 Å². The van der Waals surface area contributed by atoms with Gasteiger partial charge in [-0.2, -0.15) is 0 Å². The molecule has 2 heterocycles. The maximum Gasteiger partial charge on any atom is 0.246 e. The van der Waals surface area contributed by atoms with E-state index in [-0.39, 0.29) is 24.4 Å². The van der Waals surface area contributed by atoms with Gasteiger partial charge in [0.15, 0.2) is 0 Å². The number of hydrogen-bond donors (Lipinski definition) is 0. The summed E-state index contributed by atoms with van der Waals surface area (Å²) in [6, 6.07) is 8.22. The predicted octanol–water partition coefficient (Wildman–Crippen LogP) is 1.98. The van der Waals surface area contributed by atoms with Gasteiger partial charge in [0.2, 0.25) is 11.8 Å². The van der Waals surface area contributed by atoms with E-state index in [1.54, 1.807) is 4.90 Å². The monoisotopic (exact) mass is 272 g/mol. The lowest BCUT2D eigenvalue weighted by molar-refractivity contribution is -0.137. The summed E-state index contributed by atoms with van der Waals surface area (Å²) in [5.74, 6) is 0.155. The second kappa shape index (κ2) is 5.27. The summed E-state index contributed by atoms with van der Waals surface area (Å²) in [4.78, 5) is 28.0. The Morgan fingerprint density at radius 3 is 2.90 bits per heavy atom. The third kappa shape index (κ3) is 2.30. The van der Waals surface area contributed by atoms with Gasteiger partial charge >= 0.3 is 0 Å². The van der Waals surface area contributed by atoms with E-state index in [2.05, 4.69) is 13.0 Å². The molecule has 3 rings (SSSR count). The molecule has 2 aliphatic rings. The summed E-state index contributed by atoms with van der Waals surface area (Å²) >= 11 is 0. The molecular formula is C16H20N2O2. The van der Waals surface area contributed by atoms with Gasteiger partial charge in [-0.1, -0.05) is 18.2 Å². The van der Waals surface area contributed by atoms with Crippen molar-refractivity contribution < 1.29 is 9.59 Å². The molecule has 0 spiro atoms. The quantitative estimate of drug-likeness (QED) is 0.826. The number of hydrogen-bond acceptors (Lipinski definition) is 2. The van der Waals surface area contributed by atoms with Crippen LogP contribution in [0.5, 0.6) is 0 Å². The summed E-state index contributed by atoms with van der Waals surface area (Å²) in [5.41, 5.74) is 2.23. The molecule has 2 aliphatic heterocycles. The minimum absolute atomic E-state index is 0.0395. The lowest BCUT2D eigenvalue weighted by Gasteiger charge is -2.30. The van der Waals surface area contributed by atoms with Crippen LogP contribution in [-0.4, -0.2) is 35.8 Å². The van der Waals surface area contributed by atoms with Crippen molar-refractivity contribution in [3.63, 3.8) is 0 Å². The molecule has 0 aliphatic carbocycles. The van der Waals surface area contributed by atoms with E-state index in [1.165, 1.54) is 5.56 Å². The van der Waals surface area contributed by atoms with Crippen LogP contribution in [0.2, 0.25) is 0 Å². The number of amides is 2. The number of nitrogens with zero attached hydrogens (tertiary/aromatic N) is 2. The van der Waals surface area contributed by atoms with Gasteiger partial charge in [0.25, 0.3) is 0 Å². The number of anilines is 1. The Morgan fingerprint density at radius 2 is 2.10 bits per heavy atom. The Morgan fingerprint density at radius 1 is 1.30 bits per heavy atom. The third-order valence-corrected chi connectivity index (χ3v) is 4.22. The largest absolute Gasteiger partial charge is 0.333 e. The Kier molecular flexibility index (Phi) is 3.47. The molecule has 0 radical (unpaired) electrons. The number of carbonyl (C=O) groups is 2. The molecule has 1 saturated heterocycles. The van der Waals surface area contributed by atoms with E-state index >= 15 is 0 Å². The van der Waals surface area contributed by atoms with Crippen molar-refractivity contribution >= 4 is 17.5 Å². The third-order valence-electron chi connectivity index (χ3n) is 4.22. The highest BCUT2D eigenvalue weighted by Crippen LogP contribution is 2.32. The van der Waals surface area contributed by atoms with Gasteiger partial charge in [-0.3, -0.25) is 9.59 Å². The second-order valence-electron chi connectivity index (χ2n) is 5.72. The lowest BCUT2D eigenvalue weighted by Crippen LogP contribution is -2.46. The molecule has 106 valence electrons. The van der Waals surface area contributed by atoms with Gasteiger partial charge in [0.05, 0.1) is 0 Å². The SMILES string of the molecule is CC1Cc2ccccc2N1C(=O)CN1CCCCC1=O. The van der Waals surface area contributed by atoms with Crippen LogP contribution in [0.1, 0.15) is 31.7 Å². The Balaban J connectivity index is 1.75. The number of rotatable bonds is 2. The molecule has 1 aromatic rings. The van der Waals surface area contributed by atoms with Crippen LogP contribution in [0, 0.1) is 0 Å². The molecule has 0 aromatic heterocycles. The normalized spacial score (nSPS) is 22.1. The number of piperidine rings is 1.